The Hall–Kier alpha value is -0.820. The van der Waals surface area contributed by atoms with Gasteiger partial charge in [-0.05, 0) is 62.0 Å². The van der Waals surface area contributed by atoms with Gasteiger partial charge < -0.3 is 4.90 Å². The molecule has 1 aromatic rings. The molecule has 4 unspecified atom stereocenters. The summed E-state index contributed by atoms with van der Waals surface area (Å²) >= 11 is 0. The molecule has 0 amide bonds. The van der Waals surface area contributed by atoms with Crippen LogP contribution in [0.2, 0.25) is 0 Å². The molecule has 1 nitrogen and oxygen atoms in total. The Morgan fingerprint density at radius 2 is 1.89 bits per heavy atom. The van der Waals surface area contributed by atoms with Gasteiger partial charge in [0.05, 0.1) is 0 Å². The molecule has 0 aromatic heterocycles. The third kappa shape index (κ3) is 1.72. The van der Waals surface area contributed by atoms with Crippen molar-refractivity contribution in [3.05, 3.63) is 35.9 Å². The van der Waals surface area contributed by atoms with E-state index in [-0.39, 0.29) is 0 Å². The average Bonchev–Trinajstić information content (AvgIpc) is 2.89. The molecule has 0 N–H and O–H groups in total. The topological polar surface area (TPSA) is 3.24 Å². The van der Waals surface area contributed by atoms with Gasteiger partial charge in [-0.15, -0.1) is 0 Å². The van der Waals surface area contributed by atoms with Crippen molar-refractivity contribution in [2.75, 3.05) is 13.1 Å². The number of hydrogen-bond acceptors (Lipinski definition) is 1. The molecule has 1 aromatic carbocycles. The van der Waals surface area contributed by atoms with Crippen molar-refractivity contribution >= 4 is 0 Å². The van der Waals surface area contributed by atoms with Crippen LogP contribution in [0.5, 0.6) is 0 Å². The van der Waals surface area contributed by atoms with Crippen LogP contribution in [-0.2, 0) is 0 Å². The molecule has 18 heavy (non-hydrogen) atoms. The molecule has 0 bridgehead atoms. The Morgan fingerprint density at radius 3 is 2.61 bits per heavy atom. The first-order valence-electron chi connectivity index (χ1n) is 7.71. The molecule has 0 radical (unpaired) electrons. The first-order valence-corrected chi connectivity index (χ1v) is 7.71. The lowest BCUT2D eigenvalue weighted by atomic mass is 9.64. The largest absolute Gasteiger partial charge is 0.300 e. The van der Waals surface area contributed by atoms with Crippen molar-refractivity contribution in [1.82, 2.24) is 4.90 Å². The fourth-order valence-corrected chi connectivity index (χ4v) is 4.64. The molecule has 96 valence electrons. The highest BCUT2D eigenvalue weighted by Crippen LogP contribution is 2.50. The van der Waals surface area contributed by atoms with Gasteiger partial charge in [-0.25, -0.2) is 0 Å². The van der Waals surface area contributed by atoms with E-state index in [1.54, 1.807) is 5.56 Å². The van der Waals surface area contributed by atoms with Gasteiger partial charge in [0.15, 0.2) is 0 Å². The summed E-state index contributed by atoms with van der Waals surface area (Å²) in [5.74, 6) is 2.85. The van der Waals surface area contributed by atoms with Gasteiger partial charge in [-0.2, -0.15) is 0 Å². The van der Waals surface area contributed by atoms with Crippen molar-refractivity contribution in [1.29, 1.82) is 0 Å². The second-order valence-corrected chi connectivity index (χ2v) is 6.55. The standard InChI is InChI=1S/C17H23N/c1-2-5-13(6-3-1)16-8-9-17(16)14-11-15-7-4-10-18(15)12-14/h1-3,5-6,14-17H,4,7-12H2. The van der Waals surface area contributed by atoms with Crippen LogP contribution in [0.4, 0.5) is 0 Å². The predicted molar refractivity (Wildman–Crippen MR) is 74.6 cm³/mol. The second-order valence-electron chi connectivity index (χ2n) is 6.55. The van der Waals surface area contributed by atoms with E-state index in [0.29, 0.717) is 0 Å². The molecular formula is C17H23N. The Kier molecular flexibility index (Phi) is 2.69. The number of hydrogen-bond donors (Lipinski definition) is 0. The molecule has 2 aliphatic heterocycles. The van der Waals surface area contributed by atoms with Gasteiger partial charge in [0.2, 0.25) is 0 Å². The highest BCUT2D eigenvalue weighted by atomic mass is 15.2. The quantitative estimate of drug-likeness (QED) is 0.763. The summed E-state index contributed by atoms with van der Waals surface area (Å²) in [6.07, 6.45) is 7.32. The molecule has 3 aliphatic rings. The van der Waals surface area contributed by atoms with Crippen LogP contribution >= 0.6 is 0 Å². The van der Waals surface area contributed by atoms with Gasteiger partial charge in [-0.3, -0.25) is 0 Å². The summed E-state index contributed by atoms with van der Waals surface area (Å²) < 4.78 is 0. The molecular weight excluding hydrogens is 218 g/mol. The molecule has 1 saturated carbocycles. The minimum absolute atomic E-state index is 0.872. The minimum atomic E-state index is 0.872. The number of nitrogens with zero attached hydrogens (tertiary/aromatic N) is 1. The summed E-state index contributed by atoms with van der Waals surface area (Å²) in [5, 5.41) is 0. The number of fused-ring (bicyclic) bond motifs is 1. The van der Waals surface area contributed by atoms with E-state index in [1.165, 1.54) is 45.2 Å². The van der Waals surface area contributed by atoms with E-state index in [4.69, 9.17) is 0 Å². The van der Waals surface area contributed by atoms with Gasteiger partial charge in [0.25, 0.3) is 0 Å². The molecule has 3 fully saturated rings. The molecule has 4 atom stereocenters. The van der Waals surface area contributed by atoms with Crippen molar-refractivity contribution in [3.8, 4) is 0 Å². The smallest absolute Gasteiger partial charge is 0.00990 e. The summed E-state index contributed by atoms with van der Waals surface area (Å²) in [4.78, 5) is 2.77. The van der Waals surface area contributed by atoms with Gasteiger partial charge in [0, 0.05) is 12.6 Å². The number of rotatable bonds is 2. The SMILES string of the molecule is c1ccc(C2CCC2C2CC3CCCN3C2)cc1. The Labute approximate surface area is 110 Å². The monoisotopic (exact) mass is 241 g/mol. The first kappa shape index (κ1) is 11.0. The molecule has 1 heteroatoms. The van der Waals surface area contributed by atoms with Crippen molar-refractivity contribution < 1.29 is 0 Å². The van der Waals surface area contributed by atoms with E-state index < -0.39 is 0 Å². The van der Waals surface area contributed by atoms with Gasteiger partial charge in [0.1, 0.15) is 0 Å². The summed E-state index contributed by atoms with van der Waals surface area (Å²) in [7, 11) is 0. The van der Waals surface area contributed by atoms with Crippen molar-refractivity contribution in [3.63, 3.8) is 0 Å². The van der Waals surface area contributed by atoms with Crippen LogP contribution < -0.4 is 0 Å². The fraction of sp³-hybridized carbons (Fsp3) is 0.647. The Bertz CT molecular complexity index is 401. The molecule has 0 spiro atoms. The third-order valence-corrected chi connectivity index (χ3v) is 5.70. The molecule has 2 saturated heterocycles. The van der Waals surface area contributed by atoms with E-state index in [0.717, 1.165) is 23.8 Å². The Balaban J connectivity index is 1.47. The van der Waals surface area contributed by atoms with Gasteiger partial charge >= 0.3 is 0 Å². The fourth-order valence-electron chi connectivity index (χ4n) is 4.64. The van der Waals surface area contributed by atoms with Crippen molar-refractivity contribution in [2.24, 2.45) is 11.8 Å². The molecule has 2 heterocycles. The van der Waals surface area contributed by atoms with E-state index in [2.05, 4.69) is 35.2 Å². The van der Waals surface area contributed by atoms with Crippen LogP contribution in [0, 0.1) is 11.8 Å². The number of benzene rings is 1. The summed E-state index contributed by atoms with van der Waals surface area (Å²) in [6.45, 7) is 2.78. The maximum Gasteiger partial charge on any atom is 0.00990 e. The molecule has 1 aliphatic carbocycles. The second kappa shape index (κ2) is 4.38. The normalized spacial score (nSPS) is 39.6. The lowest BCUT2D eigenvalue weighted by Gasteiger charge is -2.41. The zero-order valence-electron chi connectivity index (χ0n) is 11.1. The summed E-state index contributed by atoms with van der Waals surface area (Å²) in [5.41, 5.74) is 1.60. The van der Waals surface area contributed by atoms with Gasteiger partial charge in [-0.1, -0.05) is 30.3 Å². The van der Waals surface area contributed by atoms with Crippen LogP contribution in [0.15, 0.2) is 30.3 Å². The van der Waals surface area contributed by atoms with Crippen LogP contribution in [0.25, 0.3) is 0 Å². The molecule has 4 rings (SSSR count). The highest BCUT2D eigenvalue weighted by molar-refractivity contribution is 5.23. The first-order chi connectivity index (χ1) is 8.92. The van der Waals surface area contributed by atoms with E-state index in [1.807, 2.05) is 0 Å². The predicted octanol–water partition coefficient (Wildman–Crippen LogP) is 3.66. The van der Waals surface area contributed by atoms with Crippen LogP contribution in [0.1, 0.15) is 43.6 Å². The zero-order valence-corrected chi connectivity index (χ0v) is 11.1. The van der Waals surface area contributed by atoms with Crippen molar-refractivity contribution in [2.45, 2.75) is 44.1 Å². The minimum Gasteiger partial charge on any atom is -0.300 e. The van der Waals surface area contributed by atoms with Crippen LogP contribution in [-0.4, -0.2) is 24.0 Å². The average molecular weight is 241 g/mol. The van der Waals surface area contributed by atoms with Crippen LogP contribution in [0.3, 0.4) is 0 Å². The lowest BCUT2D eigenvalue weighted by molar-refractivity contribution is 0.163. The maximum absolute atomic E-state index is 2.77. The highest BCUT2D eigenvalue weighted by Gasteiger charge is 2.44. The third-order valence-electron chi connectivity index (χ3n) is 5.70. The van der Waals surface area contributed by atoms with E-state index >= 15 is 0 Å². The zero-order chi connectivity index (χ0) is 11.9. The lowest BCUT2D eigenvalue weighted by Crippen LogP contribution is -2.32. The Morgan fingerprint density at radius 1 is 1.00 bits per heavy atom. The van der Waals surface area contributed by atoms with E-state index in [9.17, 15) is 0 Å². The maximum atomic E-state index is 2.77. The summed E-state index contributed by atoms with van der Waals surface area (Å²) in [6, 6.07) is 12.2.